The second-order valence-electron chi connectivity index (χ2n) is 3.16. The van der Waals surface area contributed by atoms with Gasteiger partial charge in [0.2, 0.25) is 0 Å². The quantitative estimate of drug-likeness (QED) is 0.645. The molecule has 0 aliphatic heterocycles. The number of hydrogen-bond acceptors (Lipinski definition) is 3. The summed E-state index contributed by atoms with van der Waals surface area (Å²) in [4.78, 5) is 0. The summed E-state index contributed by atoms with van der Waals surface area (Å²) < 4.78 is 0. The van der Waals surface area contributed by atoms with E-state index in [1.807, 2.05) is 6.07 Å². The minimum absolute atomic E-state index is 0.352. The van der Waals surface area contributed by atoms with Gasteiger partial charge < -0.3 is 11.1 Å². The molecule has 0 aliphatic carbocycles. The van der Waals surface area contributed by atoms with Gasteiger partial charge in [-0.1, -0.05) is 13.8 Å². The molecule has 1 atom stereocenters. The fourth-order valence-electron chi connectivity index (χ4n) is 1.32. The van der Waals surface area contributed by atoms with Gasteiger partial charge >= 0.3 is 0 Å². The molecule has 1 aromatic heterocycles. The summed E-state index contributed by atoms with van der Waals surface area (Å²) in [6.07, 6.45) is 2.18. The van der Waals surface area contributed by atoms with Gasteiger partial charge in [0.1, 0.15) is 5.82 Å². The molecule has 1 unspecified atom stereocenters. The molecule has 4 nitrogen and oxygen atoms in total. The molecule has 4 N–H and O–H groups in total. The zero-order valence-electron chi connectivity index (χ0n) is 8.30. The van der Waals surface area contributed by atoms with Crippen molar-refractivity contribution in [2.45, 2.75) is 32.7 Å². The zero-order valence-corrected chi connectivity index (χ0v) is 8.30. The van der Waals surface area contributed by atoms with Crippen molar-refractivity contribution in [3.05, 3.63) is 11.8 Å². The fourth-order valence-corrected chi connectivity index (χ4v) is 1.32. The van der Waals surface area contributed by atoms with Crippen LogP contribution in [0, 0.1) is 0 Å². The maximum atomic E-state index is 5.53. The third-order valence-electron chi connectivity index (χ3n) is 2.04. The Balaban J connectivity index is 2.56. The van der Waals surface area contributed by atoms with Crippen LogP contribution in [0.5, 0.6) is 0 Å². The van der Waals surface area contributed by atoms with E-state index in [1.165, 1.54) is 0 Å². The highest BCUT2D eigenvalue weighted by atomic mass is 15.2. The van der Waals surface area contributed by atoms with Crippen LogP contribution in [-0.2, 0) is 0 Å². The van der Waals surface area contributed by atoms with E-state index in [4.69, 9.17) is 5.73 Å². The molecular formula is C9H18N4. The minimum Gasteiger partial charge on any atom is -0.382 e. The minimum atomic E-state index is 0.352. The molecule has 13 heavy (non-hydrogen) atoms. The molecule has 0 aromatic carbocycles. The number of anilines is 1. The normalized spacial score (nSPS) is 13.1. The lowest BCUT2D eigenvalue weighted by molar-refractivity contribution is 0.506. The first-order valence-electron chi connectivity index (χ1n) is 4.82. The largest absolute Gasteiger partial charge is 0.382 e. The van der Waals surface area contributed by atoms with Crippen LogP contribution in [0.25, 0.3) is 0 Å². The van der Waals surface area contributed by atoms with Gasteiger partial charge in [0.25, 0.3) is 0 Å². The third kappa shape index (κ3) is 2.73. The standard InChI is InChI=1S/C9H18N4/c1-3-5-11-7(4-2)8-6-9(10)13-12-8/h6-7,11H,3-5H2,1-2H3,(H3,10,12,13). The predicted octanol–water partition coefficient (Wildman–Crippen LogP) is 1.44. The molecule has 0 saturated carbocycles. The lowest BCUT2D eigenvalue weighted by Crippen LogP contribution is -2.21. The smallest absolute Gasteiger partial charge is 0.145 e. The van der Waals surface area contributed by atoms with Gasteiger partial charge in [-0.05, 0) is 19.4 Å². The maximum absolute atomic E-state index is 5.53. The Morgan fingerprint density at radius 3 is 2.85 bits per heavy atom. The third-order valence-corrected chi connectivity index (χ3v) is 2.04. The summed E-state index contributed by atoms with van der Waals surface area (Å²) in [5.41, 5.74) is 6.61. The van der Waals surface area contributed by atoms with Crippen LogP contribution >= 0.6 is 0 Å². The summed E-state index contributed by atoms with van der Waals surface area (Å²) in [6.45, 7) is 5.32. The number of H-pyrrole nitrogens is 1. The Labute approximate surface area is 78.9 Å². The van der Waals surface area contributed by atoms with E-state index < -0.39 is 0 Å². The van der Waals surface area contributed by atoms with Gasteiger partial charge in [-0.25, -0.2) is 0 Å². The van der Waals surface area contributed by atoms with E-state index in [2.05, 4.69) is 29.4 Å². The summed E-state index contributed by atoms with van der Waals surface area (Å²) in [6, 6.07) is 2.24. The molecular weight excluding hydrogens is 164 g/mol. The number of nitrogens with one attached hydrogen (secondary N) is 2. The monoisotopic (exact) mass is 182 g/mol. The molecule has 4 heteroatoms. The van der Waals surface area contributed by atoms with Gasteiger partial charge in [0.05, 0.1) is 5.69 Å². The first-order valence-corrected chi connectivity index (χ1v) is 4.82. The van der Waals surface area contributed by atoms with Crippen molar-refractivity contribution >= 4 is 5.82 Å². The average molecular weight is 182 g/mol. The molecule has 1 rings (SSSR count). The number of nitrogens with two attached hydrogens (primary N) is 1. The van der Waals surface area contributed by atoms with E-state index in [0.29, 0.717) is 11.9 Å². The number of aromatic amines is 1. The number of rotatable bonds is 5. The van der Waals surface area contributed by atoms with Crippen molar-refractivity contribution in [1.82, 2.24) is 15.5 Å². The highest BCUT2D eigenvalue weighted by Gasteiger charge is 2.09. The molecule has 0 fully saturated rings. The van der Waals surface area contributed by atoms with E-state index in [9.17, 15) is 0 Å². The summed E-state index contributed by atoms with van der Waals surface area (Å²) in [5, 5.41) is 10.3. The van der Waals surface area contributed by atoms with Crippen LogP contribution in [0.15, 0.2) is 6.07 Å². The van der Waals surface area contributed by atoms with Gasteiger partial charge in [-0.2, -0.15) is 5.10 Å². The lowest BCUT2D eigenvalue weighted by atomic mass is 10.1. The van der Waals surface area contributed by atoms with Gasteiger partial charge in [0, 0.05) is 12.1 Å². The predicted molar refractivity (Wildman–Crippen MR) is 54.3 cm³/mol. The molecule has 1 heterocycles. The molecule has 0 bridgehead atoms. The molecule has 0 spiro atoms. The first-order chi connectivity index (χ1) is 6.27. The topological polar surface area (TPSA) is 66.7 Å². The molecule has 74 valence electrons. The second kappa shape index (κ2) is 4.87. The summed E-state index contributed by atoms with van der Waals surface area (Å²) >= 11 is 0. The Kier molecular flexibility index (Phi) is 3.76. The van der Waals surface area contributed by atoms with E-state index in [-0.39, 0.29) is 0 Å². The van der Waals surface area contributed by atoms with Gasteiger partial charge in [0.15, 0.2) is 0 Å². The van der Waals surface area contributed by atoms with E-state index in [1.54, 1.807) is 0 Å². The van der Waals surface area contributed by atoms with Crippen molar-refractivity contribution in [3.63, 3.8) is 0 Å². The zero-order chi connectivity index (χ0) is 9.68. The lowest BCUT2D eigenvalue weighted by Gasteiger charge is -2.13. The van der Waals surface area contributed by atoms with E-state index in [0.717, 1.165) is 25.1 Å². The first kappa shape index (κ1) is 10.1. The van der Waals surface area contributed by atoms with Gasteiger partial charge in [-0.3, -0.25) is 5.10 Å². The molecule has 0 aliphatic rings. The Morgan fingerprint density at radius 1 is 1.62 bits per heavy atom. The highest BCUT2D eigenvalue weighted by Crippen LogP contribution is 2.15. The summed E-state index contributed by atoms with van der Waals surface area (Å²) in [5.74, 6) is 0.562. The number of aromatic nitrogens is 2. The molecule has 0 amide bonds. The second-order valence-corrected chi connectivity index (χ2v) is 3.16. The molecule has 1 aromatic rings. The average Bonchev–Trinajstić information content (AvgIpc) is 2.54. The van der Waals surface area contributed by atoms with Crippen LogP contribution in [0.1, 0.15) is 38.4 Å². The van der Waals surface area contributed by atoms with Crippen molar-refractivity contribution in [3.8, 4) is 0 Å². The van der Waals surface area contributed by atoms with E-state index >= 15 is 0 Å². The van der Waals surface area contributed by atoms with Crippen molar-refractivity contribution in [2.75, 3.05) is 12.3 Å². The van der Waals surface area contributed by atoms with Crippen LogP contribution < -0.4 is 11.1 Å². The highest BCUT2D eigenvalue weighted by molar-refractivity contribution is 5.29. The van der Waals surface area contributed by atoms with Gasteiger partial charge in [-0.15, -0.1) is 0 Å². The summed E-state index contributed by atoms with van der Waals surface area (Å²) in [7, 11) is 0. The van der Waals surface area contributed by atoms with Crippen LogP contribution in [0.4, 0.5) is 5.82 Å². The molecule has 0 radical (unpaired) electrons. The Bertz CT molecular complexity index is 244. The maximum Gasteiger partial charge on any atom is 0.145 e. The number of nitrogens with zero attached hydrogens (tertiary/aromatic N) is 1. The Hall–Kier alpha value is -1.03. The Morgan fingerprint density at radius 2 is 2.38 bits per heavy atom. The molecule has 0 saturated heterocycles. The SMILES string of the molecule is CCCNC(CC)c1cc(N)n[nH]1. The van der Waals surface area contributed by atoms with Crippen LogP contribution in [0.3, 0.4) is 0 Å². The number of hydrogen-bond donors (Lipinski definition) is 3. The van der Waals surface area contributed by atoms with Crippen LogP contribution in [-0.4, -0.2) is 16.7 Å². The van der Waals surface area contributed by atoms with Crippen molar-refractivity contribution in [2.24, 2.45) is 0 Å². The van der Waals surface area contributed by atoms with Crippen LogP contribution in [0.2, 0.25) is 0 Å². The fraction of sp³-hybridized carbons (Fsp3) is 0.667. The van der Waals surface area contributed by atoms with Crippen molar-refractivity contribution in [1.29, 1.82) is 0 Å². The van der Waals surface area contributed by atoms with Crippen molar-refractivity contribution < 1.29 is 0 Å². The number of nitrogen functional groups attached to an aromatic ring is 1.